The summed E-state index contributed by atoms with van der Waals surface area (Å²) in [7, 11) is 0. The molecule has 2 N–H and O–H groups in total. The third-order valence-corrected chi connectivity index (χ3v) is 5.20. The number of halogens is 1. The first-order valence-electron chi connectivity index (χ1n) is 9.51. The quantitative estimate of drug-likeness (QED) is 0.780. The highest BCUT2D eigenvalue weighted by molar-refractivity contribution is 6.33. The van der Waals surface area contributed by atoms with Crippen LogP contribution in [0.15, 0.2) is 34.3 Å². The summed E-state index contributed by atoms with van der Waals surface area (Å²) >= 11 is 6.40. The lowest BCUT2D eigenvalue weighted by molar-refractivity contribution is 0.709. The molecule has 0 bridgehead atoms. The first-order valence-corrected chi connectivity index (χ1v) is 9.89. The van der Waals surface area contributed by atoms with Gasteiger partial charge in [-0.15, -0.1) is 0 Å². The number of aromatic nitrogens is 2. The Morgan fingerprint density at radius 2 is 1.93 bits per heavy atom. The number of fused-ring (bicyclic) bond motifs is 1. The smallest absolute Gasteiger partial charge is 0.204 e. The Morgan fingerprint density at radius 3 is 2.78 bits per heavy atom. The first kappa shape index (κ1) is 17.9. The molecule has 0 saturated heterocycles. The molecule has 1 aromatic carbocycles. The Hall–Kier alpha value is -2.47. The zero-order valence-electron chi connectivity index (χ0n) is 15.4. The van der Waals surface area contributed by atoms with Gasteiger partial charge in [-0.2, -0.15) is 0 Å². The molecule has 140 valence electrons. The lowest BCUT2D eigenvalue weighted by Crippen LogP contribution is -2.39. The summed E-state index contributed by atoms with van der Waals surface area (Å²) in [5.74, 6) is 3.10. The molecular formula is C20H23ClN6. The van der Waals surface area contributed by atoms with E-state index in [1.165, 1.54) is 12.0 Å². The second-order valence-corrected chi connectivity index (χ2v) is 7.13. The van der Waals surface area contributed by atoms with Gasteiger partial charge in [0.05, 0.1) is 5.02 Å². The number of benzene rings is 1. The van der Waals surface area contributed by atoms with Crippen LogP contribution in [0.5, 0.6) is 0 Å². The monoisotopic (exact) mass is 382 g/mol. The minimum atomic E-state index is 0.434. The zero-order chi connectivity index (χ0) is 18.6. The minimum absolute atomic E-state index is 0.434. The van der Waals surface area contributed by atoms with Crippen molar-refractivity contribution in [1.29, 1.82) is 0 Å². The van der Waals surface area contributed by atoms with Gasteiger partial charge in [0.2, 0.25) is 5.96 Å². The van der Waals surface area contributed by atoms with E-state index in [0.717, 1.165) is 55.0 Å². The lowest BCUT2D eigenvalue weighted by Gasteiger charge is -2.19. The van der Waals surface area contributed by atoms with E-state index in [0.29, 0.717) is 23.5 Å². The molecule has 2 aromatic rings. The topological polar surface area (TPSA) is 74.6 Å². The lowest BCUT2D eigenvalue weighted by atomic mass is 10.1. The third-order valence-electron chi connectivity index (χ3n) is 4.87. The summed E-state index contributed by atoms with van der Waals surface area (Å²) in [6, 6.07) is 7.71. The van der Waals surface area contributed by atoms with Gasteiger partial charge in [0, 0.05) is 23.2 Å². The fraction of sp³-hybridized carbons (Fsp3) is 0.400. The molecule has 0 saturated carbocycles. The second-order valence-electron chi connectivity index (χ2n) is 6.72. The van der Waals surface area contributed by atoms with E-state index in [-0.39, 0.29) is 0 Å². The average Bonchev–Trinajstić information content (AvgIpc) is 2.94. The van der Waals surface area contributed by atoms with E-state index in [1.807, 2.05) is 24.3 Å². The van der Waals surface area contributed by atoms with Crippen molar-refractivity contribution in [2.75, 3.05) is 12.0 Å². The van der Waals surface area contributed by atoms with Gasteiger partial charge in [0.25, 0.3) is 0 Å². The molecule has 2 heterocycles. The number of aliphatic imine (C=N–C) groups is 2. The van der Waals surface area contributed by atoms with Crippen molar-refractivity contribution < 1.29 is 0 Å². The van der Waals surface area contributed by atoms with Gasteiger partial charge in [-0.3, -0.25) is 0 Å². The molecule has 0 fully saturated rings. The van der Waals surface area contributed by atoms with Crippen molar-refractivity contribution in [3.63, 3.8) is 0 Å². The van der Waals surface area contributed by atoms with Crippen molar-refractivity contribution in [3.05, 3.63) is 40.5 Å². The fourth-order valence-corrected chi connectivity index (χ4v) is 3.65. The van der Waals surface area contributed by atoms with Gasteiger partial charge in [0.15, 0.2) is 5.82 Å². The summed E-state index contributed by atoms with van der Waals surface area (Å²) in [4.78, 5) is 18.5. The van der Waals surface area contributed by atoms with E-state index in [9.17, 15) is 0 Å². The van der Waals surface area contributed by atoms with Crippen LogP contribution < -0.4 is 10.6 Å². The molecule has 0 unspecified atom stereocenters. The predicted molar refractivity (Wildman–Crippen MR) is 111 cm³/mol. The van der Waals surface area contributed by atoms with Crippen LogP contribution in [0.3, 0.4) is 0 Å². The number of nitrogens with zero attached hydrogens (tertiary/aromatic N) is 4. The Morgan fingerprint density at radius 1 is 1.07 bits per heavy atom. The Labute approximate surface area is 164 Å². The predicted octanol–water partition coefficient (Wildman–Crippen LogP) is 4.20. The van der Waals surface area contributed by atoms with E-state index in [1.54, 1.807) is 0 Å². The highest BCUT2D eigenvalue weighted by Crippen LogP contribution is 2.30. The van der Waals surface area contributed by atoms with Crippen molar-refractivity contribution in [2.24, 2.45) is 9.98 Å². The maximum atomic E-state index is 6.40. The number of nitrogens with one attached hydrogen (secondary N) is 2. The van der Waals surface area contributed by atoms with Gasteiger partial charge < -0.3 is 10.6 Å². The van der Waals surface area contributed by atoms with Gasteiger partial charge in [-0.05, 0) is 37.8 Å². The normalized spacial score (nSPS) is 16.5. The standard InChI is InChI=1S/C20H23ClN6/c1-2-17-22-12-23-20(25-17)27-19-14-9-4-3-5-11-16(14)24-18(26-19)13-8-6-7-10-15(13)21/h6-8,10H,2-5,9,11-12H2,1H3,(H2,22,23,24,25,26,27). The third kappa shape index (κ3) is 3.95. The fourth-order valence-electron chi connectivity index (χ4n) is 3.43. The van der Waals surface area contributed by atoms with Gasteiger partial charge in [-0.25, -0.2) is 20.0 Å². The van der Waals surface area contributed by atoms with E-state index >= 15 is 0 Å². The molecule has 27 heavy (non-hydrogen) atoms. The van der Waals surface area contributed by atoms with Crippen molar-refractivity contribution in [3.8, 4) is 11.4 Å². The molecule has 0 radical (unpaired) electrons. The van der Waals surface area contributed by atoms with Gasteiger partial charge in [0.1, 0.15) is 18.3 Å². The number of aryl methyl sites for hydroxylation is 1. The summed E-state index contributed by atoms with van der Waals surface area (Å²) in [6.07, 6.45) is 6.29. The molecule has 4 rings (SSSR count). The summed E-state index contributed by atoms with van der Waals surface area (Å²) in [5.41, 5.74) is 3.15. The summed E-state index contributed by atoms with van der Waals surface area (Å²) in [5, 5.41) is 7.30. The number of anilines is 1. The van der Waals surface area contributed by atoms with Crippen molar-refractivity contribution in [2.45, 2.75) is 45.4 Å². The second kappa shape index (κ2) is 8.05. The van der Waals surface area contributed by atoms with E-state index < -0.39 is 0 Å². The molecule has 6 nitrogen and oxygen atoms in total. The van der Waals surface area contributed by atoms with Crippen molar-refractivity contribution in [1.82, 2.24) is 15.3 Å². The Bertz CT molecular complexity index is 905. The van der Waals surface area contributed by atoms with Crippen LogP contribution in [-0.4, -0.2) is 28.4 Å². The summed E-state index contributed by atoms with van der Waals surface area (Å²) < 4.78 is 0. The van der Waals surface area contributed by atoms with Crippen LogP contribution >= 0.6 is 11.6 Å². The Balaban J connectivity index is 1.74. The SMILES string of the molecule is CCC1=NCN=C(Nc2nc(-c3ccccc3Cl)nc3c2CCCCC3)N1. The molecule has 0 amide bonds. The largest absolute Gasteiger partial charge is 0.314 e. The maximum Gasteiger partial charge on any atom is 0.204 e. The van der Waals surface area contributed by atoms with Crippen LogP contribution in [-0.2, 0) is 12.8 Å². The molecule has 1 aromatic heterocycles. The zero-order valence-corrected chi connectivity index (χ0v) is 16.2. The molecular weight excluding hydrogens is 360 g/mol. The van der Waals surface area contributed by atoms with Crippen molar-refractivity contribution >= 4 is 29.2 Å². The molecule has 0 atom stereocenters. The highest BCUT2D eigenvalue weighted by Gasteiger charge is 2.20. The number of rotatable bonds is 3. The molecule has 1 aliphatic heterocycles. The van der Waals surface area contributed by atoms with Gasteiger partial charge in [-0.1, -0.05) is 37.1 Å². The average molecular weight is 383 g/mol. The van der Waals surface area contributed by atoms with Crippen LogP contribution in [0.1, 0.15) is 43.9 Å². The maximum absolute atomic E-state index is 6.40. The molecule has 0 spiro atoms. The number of guanidine groups is 1. The van der Waals surface area contributed by atoms with E-state index in [4.69, 9.17) is 21.6 Å². The minimum Gasteiger partial charge on any atom is -0.314 e. The van der Waals surface area contributed by atoms with Gasteiger partial charge >= 0.3 is 0 Å². The van der Waals surface area contributed by atoms with Crippen LogP contribution in [0.4, 0.5) is 5.82 Å². The number of hydrogen-bond acceptors (Lipinski definition) is 6. The van der Waals surface area contributed by atoms with Crippen LogP contribution in [0.25, 0.3) is 11.4 Å². The van der Waals surface area contributed by atoms with Crippen LogP contribution in [0, 0.1) is 0 Å². The molecule has 2 aliphatic rings. The first-order chi connectivity index (χ1) is 13.2. The highest BCUT2D eigenvalue weighted by atomic mass is 35.5. The molecule has 1 aliphatic carbocycles. The summed E-state index contributed by atoms with van der Waals surface area (Å²) in [6.45, 7) is 2.50. The number of amidine groups is 1. The van der Waals surface area contributed by atoms with Crippen LogP contribution in [0.2, 0.25) is 5.02 Å². The van der Waals surface area contributed by atoms with E-state index in [2.05, 4.69) is 27.5 Å². The number of hydrogen-bond donors (Lipinski definition) is 2. The Kier molecular flexibility index (Phi) is 5.34. The molecule has 7 heteroatoms.